The lowest BCUT2D eigenvalue weighted by Crippen LogP contribution is -2.54. The minimum absolute atomic E-state index is 0.0471. The van der Waals surface area contributed by atoms with Gasteiger partial charge in [0, 0.05) is 6.61 Å². The summed E-state index contributed by atoms with van der Waals surface area (Å²) in [5.41, 5.74) is 0.732. The molecule has 22 heavy (non-hydrogen) atoms. The molecule has 0 aromatic heterocycles. The van der Waals surface area contributed by atoms with Crippen molar-refractivity contribution in [2.24, 2.45) is 40.4 Å². The average molecular weight is 306 g/mol. The molecule has 0 aromatic carbocycles. The van der Waals surface area contributed by atoms with Gasteiger partial charge >= 0.3 is 0 Å². The first kappa shape index (κ1) is 15.4. The Kier molecular flexibility index (Phi) is 3.66. The standard InChI is InChI=1S/C20H34O2/c1-19-9-7-13(12-21)11-14(19)3-4-15-16-5-6-18(22)20(16,2)10-8-17(15)19/h13-18,21-22H,3-12H2,1-2H3/t13-,14+,15+,16+,17+,18+,19+,20+/m1/s1. The normalized spacial score (nSPS) is 57.8. The number of fused-ring (bicyclic) bond motifs is 5. The average Bonchev–Trinajstić information content (AvgIpc) is 2.82. The molecule has 0 aliphatic heterocycles. The van der Waals surface area contributed by atoms with Gasteiger partial charge in [0.05, 0.1) is 6.10 Å². The van der Waals surface area contributed by atoms with Crippen LogP contribution in [0.3, 0.4) is 0 Å². The lowest BCUT2D eigenvalue weighted by molar-refractivity contribution is -0.128. The van der Waals surface area contributed by atoms with Gasteiger partial charge in [0.15, 0.2) is 0 Å². The molecular weight excluding hydrogens is 272 g/mol. The van der Waals surface area contributed by atoms with Gasteiger partial charge in [-0.25, -0.2) is 0 Å². The monoisotopic (exact) mass is 306 g/mol. The Morgan fingerprint density at radius 1 is 0.864 bits per heavy atom. The predicted octanol–water partition coefficient (Wildman–Crippen LogP) is 4.00. The summed E-state index contributed by atoms with van der Waals surface area (Å²) in [6.45, 7) is 5.35. The SMILES string of the molecule is C[C@]12CC[C@@H](CO)C[C@@H]1CC[C@@H]1[C@@H]2CC[C@]2(C)[C@@H](O)CC[C@@H]12. The lowest BCUT2D eigenvalue weighted by atomic mass is 9.44. The van der Waals surface area contributed by atoms with Crippen LogP contribution in [-0.4, -0.2) is 22.9 Å². The molecule has 0 amide bonds. The highest BCUT2D eigenvalue weighted by molar-refractivity contribution is 5.09. The molecule has 8 atom stereocenters. The molecule has 2 N–H and O–H groups in total. The quantitative estimate of drug-likeness (QED) is 0.769. The highest BCUT2D eigenvalue weighted by Crippen LogP contribution is 2.66. The molecule has 0 saturated heterocycles. The van der Waals surface area contributed by atoms with Crippen molar-refractivity contribution in [1.29, 1.82) is 0 Å². The largest absolute Gasteiger partial charge is 0.396 e. The van der Waals surface area contributed by atoms with Crippen LogP contribution in [0.5, 0.6) is 0 Å². The fraction of sp³-hybridized carbons (Fsp3) is 1.00. The topological polar surface area (TPSA) is 40.5 Å². The maximum absolute atomic E-state index is 10.5. The van der Waals surface area contributed by atoms with Crippen molar-refractivity contribution >= 4 is 0 Å². The third-order valence-corrected chi connectivity index (χ3v) is 8.98. The number of hydrogen-bond acceptors (Lipinski definition) is 2. The van der Waals surface area contributed by atoms with Crippen LogP contribution in [0, 0.1) is 40.4 Å². The van der Waals surface area contributed by atoms with Crippen molar-refractivity contribution in [2.75, 3.05) is 6.61 Å². The first-order valence-corrected chi connectivity index (χ1v) is 9.78. The van der Waals surface area contributed by atoms with E-state index < -0.39 is 0 Å². The summed E-state index contributed by atoms with van der Waals surface area (Å²) >= 11 is 0. The molecule has 0 bridgehead atoms. The van der Waals surface area contributed by atoms with Crippen molar-refractivity contribution in [3.05, 3.63) is 0 Å². The predicted molar refractivity (Wildman–Crippen MR) is 88.3 cm³/mol. The van der Waals surface area contributed by atoms with E-state index >= 15 is 0 Å². The summed E-state index contributed by atoms with van der Waals surface area (Å²) in [6, 6.07) is 0. The Bertz CT molecular complexity index is 435. The van der Waals surface area contributed by atoms with E-state index in [0.717, 1.165) is 30.1 Å². The summed E-state index contributed by atoms with van der Waals surface area (Å²) in [6.07, 6.45) is 11.4. The maximum Gasteiger partial charge on any atom is 0.0596 e. The van der Waals surface area contributed by atoms with Crippen molar-refractivity contribution in [3.8, 4) is 0 Å². The van der Waals surface area contributed by atoms with Gasteiger partial charge in [0.1, 0.15) is 0 Å². The van der Waals surface area contributed by atoms with Crippen LogP contribution in [0.1, 0.15) is 71.6 Å². The van der Waals surface area contributed by atoms with E-state index in [1.165, 1.54) is 51.4 Å². The van der Waals surface area contributed by atoms with Crippen LogP contribution in [0.4, 0.5) is 0 Å². The van der Waals surface area contributed by atoms with E-state index in [0.29, 0.717) is 17.9 Å². The Labute approximate surface area is 135 Å². The van der Waals surface area contributed by atoms with Crippen LogP contribution in [0.15, 0.2) is 0 Å². The van der Waals surface area contributed by atoms with Crippen LogP contribution in [-0.2, 0) is 0 Å². The second-order valence-corrected chi connectivity index (χ2v) is 9.62. The Balaban J connectivity index is 1.59. The van der Waals surface area contributed by atoms with Gasteiger partial charge in [-0.2, -0.15) is 0 Å². The van der Waals surface area contributed by atoms with Gasteiger partial charge in [-0.15, -0.1) is 0 Å². The van der Waals surface area contributed by atoms with Crippen molar-refractivity contribution in [3.63, 3.8) is 0 Å². The molecule has 0 radical (unpaired) electrons. The zero-order valence-corrected chi connectivity index (χ0v) is 14.4. The number of hydrogen-bond donors (Lipinski definition) is 2. The molecule has 4 aliphatic rings. The molecule has 126 valence electrons. The molecule has 2 heteroatoms. The summed E-state index contributed by atoms with van der Waals surface area (Å²) in [5, 5.41) is 20.1. The zero-order chi connectivity index (χ0) is 15.5. The zero-order valence-electron chi connectivity index (χ0n) is 14.4. The van der Waals surface area contributed by atoms with E-state index in [1.807, 2.05) is 0 Å². The van der Waals surface area contributed by atoms with Gasteiger partial charge in [0.2, 0.25) is 0 Å². The summed E-state index contributed by atoms with van der Waals surface area (Å²) in [4.78, 5) is 0. The number of aliphatic hydroxyl groups is 2. The van der Waals surface area contributed by atoms with Crippen molar-refractivity contribution in [2.45, 2.75) is 77.7 Å². The molecule has 0 aromatic rings. The second-order valence-electron chi connectivity index (χ2n) is 9.62. The van der Waals surface area contributed by atoms with Crippen LogP contribution >= 0.6 is 0 Å². The highest BCUT2D eigenvalue weighted by atomic mass is 16.3. The summed E-state index contributed by atoms with van der Waals surface area (Å²) < 4.78 is 0. The third-order valence-electron chi connectivity index (χ3n) is 8.98. The second kappa shape index (κ2) is 5.21. The van der Waals surface area contributed by atoms with E-state index in [9.17, 15) is 10.2 Å². The van der Waals surface area contributed by atoms with Gasteiger partial charge < -0.3 is 10.2 Å². The molecule has 4 aliphatic carbocycles. The first-order chi connectivity index (χ1) is 10.5. The van der Waals surface area contributed by atoms with Crippen LogP contribution < -0.4 is 0 Å². The van der Waals surface area contributed by atoms with Gasteiger partial charge in [-0.1, -0.05) is 13.8 Å². The highest BCUT2D eigenvalue weighted by Gasteiger charge is 2.59. The van der Waals surface area contributed by atoms with Crippen LogP contribution in [0.2, 0.25) is 0 Å². The number of rotatable bonds is 1. The van der Waals surface area contributed by atoms with E-state index in [-0.39, 0.29) is 11.5 Å². The number of aliphatic hydroxyl groups excluding tert-OH is 2. The van der Waals surface area contributed by atoms with Gasteiger partial charge in [-0.3, -0.25) is 0 Å². The first-order valence-electron chi connectivity index (χ1n) is 9.78. The molecule has 0 unspecified atom stereocenters. The van der Waals surface area contributed by atoms with Gasteiger partial charge in [-0.05, 0) is 98.2 Å². The molecule has 4 fully saturated rings. The molecular formula is C20H34O2. The fourth-order valence-electron chi connectivity index (χ4n) is 7.49. The third kappa shape index (κ3) is 1.99. The minimum Gasteiger partial charge on any atom is -0.396 e. The van der Waals surface area contributed by atoms with E-state index in [1.54, 1.807) is 0 Å². The van der Waals surface area contributed by atoms with Crippen molar-refractivity contribution in [1.82, 2.24) is 0 Å². The fourth-order valence-corrected chi connectivity index (χ4v) is 7.49. The molecule has 4 saturated carbocycles. The molecule has 0 spiro atoms. The van der Waals surface area contributed by atoms with Gasteiger partial charge in [0.25, 0.3) is 0 Å². The van der Waals surface area contributed by atoms with E-state index in [2.05, 4.69) is 13.8 Å². The molecule has 0 heterocycles. The van der Waals surface area contributed by atoms with E-state index in [4.69, 9.17) is 0 Å². The minimum atomic E-state index is -0.0471. The summed E-state index contributed by atoms with van der Waals surface area (Å²) in [7, 11) is 0. The lowest BCUT2D eigenvalue weighted by Gasteiger charge is -2.61. The smallest absolute Gasteiger partial charge is 0.0596 e. The Morgan fingerprint density at radius 2 is 1.59 bits per heavy atom. The molecule has 4 rings (SSSR count). The Morgan fingerprint density at radius 3 is 2.36 bits per heavy atom. The Hall–Kier alpha value is -0.0800. The summed E-state index contributed by atoms with van der Waals surface area (Å²) in [5.74, 6) is 3.93. The maximum atomic E-state index is 10.5. The van der Waals surface area contributed by atoms with Crippen LogP contribution in [0.25, 0.3) is 0 Å². The molecule has 2 nitrogen and oxygen atoms in total. The van der Waals surface area contributed by atoms with Crippen molar-refractivity contribution < 1.29 is 10.2 Å².